The molecule has 7 nitrogen and oxygen atoms in total. The molecule has 1 amide bonds. The largest absolute Gasteiger partial charge is 0.296 e. The van der Waals surface area contributed by atoms with Crippen molar-refractivity contribution in [2.24, 2.45) is 0 Å². The van der Waals surface area contributed by atoms with Gasteiger partial charge in [0.15, 0.2) is 0 Å². The topological polar surface area (TPSA) is 98.0 Å². The van der Waals surface area contributed by atoms with Gasteiger partial charge in [-0.25, -0.2) is 0 Å². The number of benzene rings is 1. The fourth-order valence-corrected chi connectivity index (χ4v) is 2.79. The molecule has 1 N–H and O–H groups in total. The molecule has 0 aliphatic rings. The number of nitro groups is 1. The number of carbonyl (C=O) groups is 1. The number of aromatic nitrogens is 2. The molecule has 0 fully saturated rings. The van der Waals surface area contributed by atoms with Crippen LogP contribution in [0.5, 0.6) is 0 Å². The lowest BCUT2D eigenvalue weighted by molar-refractivity contribution is -0.384. The third-order valence-electron chi connectivity index (χ3n) is 3.12. The van der Waals surface area contributed by atoms with Gasteiger partial charge in [0.25, 0.3) is 11.6 Å². The molecule has 8 heteroatoms. The van der Waals surface area contributed by atoms with Crippen LogP contribution >= 0.6 is 11.3 Å². The van der Waals surface area contributed by atoms with Crippen molar-refractivity contribution in [2.45, 2.75) is 32.6 Å². The number of hydrogen-bond acceptors (Lipinski definition) is 6. The zero-order valence-corrected chi connectivity index (χ0v) is 13.1. The van der Waals surface area contributed by atoms with Gasteiger partial charge in [0, 0.05) is 23.6 Å². The monoisotopic (exact) mass is 320 g/mol. The summed E-state index contributed by atoms with van der Waals surface area (Å²) in [6.07, 6.45) is 2.06. The highest BCUT2D eigenvalue weighted by molar-refractivity contribution is 7.15. The molecule has 2 rings (SSSR count). The van der Waals surface area contributed by atoms with Crippen LogP contribution < -0.4 is 5.32 Å². The molecule has 0 saturated heterocycles. The second-order valence-electron chi connectivity index (χ2n) is 4.90. The van der Waals surface area contributed by atoms with Gasteiger partial charge in [0.05, 0.1) is 4.92 Å². The third-order valence-corrected chi connectivity index (χ3v) is 4.19. The molecule has 0 saturated carbocycles. The van der Waals surface area contributed by atoms with E-state index in [0.717, 1.165) is 17.8 Å². The van der Waals surface area contributed by atoms with Crippen LogP contribution in [-0.2, 0) is 0 Å². The second kappa shape index (κ2) is 7.08. The van der Waals surface area contributed by atoms with E-state index >= 15 is 0 Å². The first kappa shape index (κ1) is 16.0. The molecule has 0 bridgehead atoms. The smallest absolute Gasteiger partial charge is 0.270 e. The Morgan fingerprint density at radius 1 is 1.45 bits per heavy atom. The molecule has 0 spiro atoms. The van der Waals surface area contributed by atoms with Crippen LogP contribution in [0.4, 0.5) is 10.8 Å². The molecular formula is C14H16N4O3S. The number of amides is 1. The maximum atomic E-state index is 12.1. The van der Waals surface area contributed by atoms with Crippen LogP contribution in [0, 0.1) is 10.1 Å². The number of rotatable bonds is 6. The number of non-ortho nitro benzene ring substituents is 1. The minimum absolute atomic E-state index is 0.123. The molecule has 1 heterocycles. The summed E-state index contributed by atoms with van der Waals surface area (Å²) >= 11 is 1.33. The zero-order valence-electron chi connectivity index (χ0n) is 12.3. The highest BCUT2D eigenvalue weighted by atomic mass is 32.1. The molecule has 1 aromatic heterocycles. The first-order chi connectivity index (χ1) is 10.5. The molecule has 116 valence electrons. The van der Waals surface area contributed by atoms with Gasteiger partial charge in [-0.3, -0.25) is 20.2 Å². The SMILES string of the molecule is CCC[C@H](C)c1nnc(NC(=O)c2cccc([N+](=O)[O-])c2)s1. The van der Waals surface area contributed by atoms with Crippen molar-refractivity contribution in [3.63, 3.8) is 0 Å². The van der Waals surface area contributed by atoms with Gasteiger partial charge in [-0.1, -0.05) is 37.7 Å². The predicted molar refractivity (Wildman–Crippen MR) is 84.3 cm³/mol. The van der Waals surface area contributed by atoms with Gasteiger partial charge in [-0.2, -0.15) is 0 Å². The summed E-state index contributed by atoms with van der Waals surface area (Å²) in [5, 5.41) is 22.6. The van der Waals surface area contributed by atoms with Gasteiger partial charge in [-0.15, -0.1) is 10.2 Å². The van der Waals surface area contributed by atoms with Crippen LogP contribution in [0.3, 0.4) is 0 Å². The van der Waals surface area contributed by atoms with Crippen molar-refractivity contribution in [3.05, 3.63) is 45.0 Å². The zero-order chi connectivity index (χ0) is 16.1. The maximum absolute atomic E-state index is 12.1. The average Bonchev–Trinajstić information content (AvgIpc) is 2.96. The summed E-state index contributed by atoms with van der Waals surface area (Å²) in [7, 11) is 0. The Morgan fingerprint density at radius 2 is 2.23 bits per heavy atom. The fourth-order valence-electron chi connectivity index (χ4n) is 1.97. The lowest BCUT2D eigenvalue weighted by atomic mass is 10.1. The minimum Gasteiger partial charge on any atom is -0.296 e. The maximum Gasteiger partial charge on any atom is 0.270 e. The lowest BCUT2D eigenvalue weighted by Crippen LogP contribution is -2.11. The number of nitrogens with one attached hydrogen (secondary N) is 1. The van der Waals surface area contributed by atoms with Crippen LogP contribution in [0.15, 0.2) is 24.3 Å². The molecule has 2 aromatic rings. The summed E-state index contributed by atoms with van der Waals surface area (Å²) in [4.78, 5) is 22.3. The van der Waals surface area contributed by atoms with E-state index in [2.05, 4.69) is 29.4 Å². The fraction of sp³-hybridized carbons (Fsp3) is 0.357. The van der Waals surface area contributed by atoms with E-state index < -0.39 is 10.8 Å². The van der Waals surface area contributed by atoms with Crippen LogP contribution in [0.2, 0.25) is 0 Å². The molecule has 1 atom stereocenters. The van der Waals surface area contributed by atoms with Crippen molar-refractivity contribution in [3.8, 4) is 0 Å². The van der Waals surface area contributed by atoms with Crippen molar-refractivity contribution in [1.82, 2.24) is 10.2 Å². The summed E-state index contributed by atoms with van der Waals surface area (Å²) in [5.41, 5.74) is 0.0923. The van der Waals surface area contributed by atoms with Gasteiger partial charge >= 0.3 is 0 Å². The van der Waals surface area contributed by atoms with E-state index in [9.17, 15) is 14.9 Å². The first-order valence-corrected chi connectivity index (χ1v) is 7.72. The van der Waals surface area contributed by atoms with E-state index in [4.69, 9.17) is 0 Å². The van der Waals surface area contributed by atoms with E-state index in [-0.39, 0.29) is 11.3 Å². The van der Waals surface area contributed by atoms with Crippen LogP contribution in [0.25, 0.3) is 0 Å². The Bertz CT molecular complexity index is 686. The van der Waals surface area contributed by atoms with Crippen LogP contribution in [0.1, 0.15) is 48.0 Å². The lowest BCUT2D eigenvalue weighted by Gasteiger charge is -2.03. The van der Waals surface area contributed by atoms with Gasteiger partial charge in [0.1, 0.15) is 5.01 Å². The van der Waals surface area contributed by atoms with Crippen molar-refractivity contribution >= 4 is 28.1 Å². The standard InChI is InChI=1S/C14H16N4O3S/c1-3-5-9(2)13-16-17-14(22-13)15-12(19)10-6-4-7-11(8-10)18(20)21/h4,6-9H,3,5H2,1-2H3,(H,15,17,19)/t9-/m0/s1. The Balaban J connectivity index is 2.09. The number of anilines is 1. The van der Waals surface area contributed by atoms with E-state index in [0.29, 0.717) is 11.0 Å². The minimum atomic E-state index is -0.535. The van der Waals surface area contributed by atoms with E-state index in [1.807, 2.05) is 0 Å². The average molecular weight is 320 g/mol. The van der Waals surface area contributed by atoms with Crippen molar-refractivity contribution in [1.29, 1.82) is 0 Å². The highest BCUT2D eigenvalue weighted by Gasteiger charge is 2.15. The Labute approximate surface area is 131 Å². The number of hydrogen-bond donors (Lipinski definition) is 1. The molecule has 22 heavy (non-hydrogen) atoms. The molecule has 0 aliphatic heterocycles. The normalized spacial score (nSPS) is 11.9. The molecule has 0 aliphatic carbocycles. The van der Waals surface area contributed by atoms with E-state index in [1.165, 1.54) is 35.6 Å². The van der Waals surface area contributed by atoms with Gasteiger partial charge in [-0.05, 0) is 12.5 Å². The predicted octanol–water partition coefficient (Wildman–Crippen LogP) is 3.60. The summed E-state index contributed by atoms with van der Waals surface area (Å²) in [5.74, 6) is -0.138. The Hall–Kier alpha value is -2.35. The second-order valence-corrected chi connectivity index (χ2v) is 5.91. The van der Waals surface area contributed by atoms with Crippen molar-refractivity contribution in [2.75, 3.05) is 5.32 Å². The van der Waals surface area contributed by atoms with Crippen molar-refractivity contribution < 1.29 is 9.72 Å². The molecular weight excluding hydrogens is 304 g/mol. The summed E-state index contributed by atoms with van der Waals surface area (Å²) in [6, 6.07) is 5.56. The quantitative estimate of drug-likeness (QED) is 0.647. The third kappa shape index (κ3) is 3.85. The number of nitro benzene ring substituents is 1. The number of carbonyl (C=O) groups excluding carboxylic acids is 1. The Morgan fingerprint density at radius 3 is 2.91 bits per heavy atom. The Kier molecular flexibility index (Phi) is 5.16. The molecule has 0 unspecified atom stereocenters. The molecule has 0 radical (unpaired) electrons. The first-order valence-electron chi connectivity index (χ1n) is 6.90. The van der Waals surface area contributed by atoms with Gasteiger partial charge < -0.3 is 0 Å². The number of nitrogens with zero attached hydrogens (tertiary/aromatic N) is 3. The molecule has 1 aromatic carbocycles. The highest BCUT2D eigenvalue weighted by Crippen LogP contribution is 2.26. The van der Waals surface area contributed by atoms with Crippen LogP contribution in [-0.4, -0.2) is 21.0 Å². The summed E-state index contributed by atoms with van der Waals surface area (Å²) < 4.78 is 0. The summed E-state index contributed by atoms with van der Waals surface area (Å²) in [6.45, 7) is 4.17. The van der Waals surface area contributed by atoms with Gasteiger partial charge in [0.2, 0.25) is 5.13 Å². The van der Waals surface area contributed by atoms with E-state index in [1.54, 1.807) is 0 Å².